The van der Waals surface area contributed by atoms with Crippen LogP contribution in [0.25, 0.3) is 0 Å². The van der Waals surface area contributed by atoms with E-state index in [2.05, 4.69) is 41.5 Å². The Morgan fingerprint density at radius 2 is 1.06 bits per heavy atom. The van der Waals surface area contributed by atoms with Gasteiger partial charge < -0.3 is 4.74 Å². The first-order chi connectivity index (χ1) is 16.2. The van der Waals surface area contributed by atoms with Crippen molar-refractivity contribution in [3.8, 4) is 0 Å². The summed E-state index contributed by atoms with van der Waals surface area (Å²) in [5.41, 5.74) is 0.520. The van der Waals surface area contributed by atoms with Gasteiger partial charge in [0.2, 0.25) is 0 Å². The molecule has 0 N–H and O–H groups in total. The molecule has 1 aliphatic rings. The minimum atomic E-state index is 0.0949. The van der Waals surface area contributed by atoms with Crippen LogP contribution in [0.4, 0.5) is 0 Å². The van der Waals surface area contributed by atoms with Crippen molar-refractivity contribution >= 4 is 5.97 Å². The second-order valence-corrected chi connectivity index (χ2v) is 13.1. The highest BCUT2D eigenvalue weighted by molar-refractivity contribution is 5.72. The van der Waals surface area contributed by atoms with Gasteiger partial charge in [0.05, 0.1) is 12.5 Å². The molecule has 0 aromatic rings. The fourth-order valence-electron chi connectivity index (χ4n) is 5.85. The number of esters is 1. The van der Waals surface area contributed by atoms with Gasteiger partial charge in [0, 0.05) is 5.41 Å². The van der Waals surface area contributed by atoms with Crippen molar-refractivity contribution in [3.63, 3.8) is 0 Å². The number of hydrogen-bond acceptors (Lipinski definition) is 2. The molecule has 34 heavy (non-hydrogen) atoms. The lowest BCUT2D eigenvalue weighted by Gasteiger charge is -2.36. The first-order valence-corrected chi connectivity index (χ1v) is 15.4. The van der Waals surface area contributed by atoms with Gasteiger partial charge in [0.1, 0.15) is 0 Å². The van der Waals surface area contributed by atoms with Crippen LogP contribution in [0.2, 0.25) is 0 Å². The Morgan fingerprint density at radius 1 is 0.647 bits per heavy atom. The van der Waals surface area contributed by atoms with E-state index in [0.717, 1.165) is 18.8 Å². The van der Waals surface area contributed by atoms with E-state index in [1.807, 2.05) is 0 Å². The van der Waals surface area contributed by atoms with Crippen LogP contribution in [0.15, 0.2) is 0 Å². The van der Waals surface area contributed by atoms with Crippen LogP contribution < -0.4 is 0 Å². The molecule has 0 heterocycles. The van der Waals surface area contributed by atoms with Gasteiger partial charge in [-0.3, -0.25) is 4.79 Å². The van der Waals surface area contributed by atoms with Crippen LogP contribution in [0, 0.1) is 22.7 Å². The molecule has 1 rings (SSSR count). The van der Waals surface area contributed by atoms with E-state index in [-0.39, 0.29) is 17.3 Å². The molecule has 0 aromatic heterocycles. The molecule has 0 saturated heterocycles. The van der Waals surface area contributed by atoms with Gasteiger partial charge in [-0.05, 0) is 49.9 Å². The molecule has 0 radical (unpaired) electrons. The minimum absolute atomic E-state index is 0.0949. The molecule has 1 saturated carbocycles. The van der Waals surface area contributed by atoms with Gasteiger partial charge in [-0.1, -0.05) is 131 Å². The predicted octanol–water partition coefficient (Wildman–Crippen LogP) is 10.7. The maximum atomic E-state index is 12.9. The third-order valence-electron chi connectivity index (χ3n) is 8.62. The normalized spacial score (nSPS) is 20.8. The number of rotatable bonds is 19. The van der Waals surface area contributed by atoms with Gasteiger partial charge in [0.25, 0.3) is 0 Å². The number of unbranched alkanes of at least 4 members (excludes halogenated alkanes) is 12. The van der Waals surface area contributed by atoms with Crippen LogP contribution in [-0.4, -0.2) is 12.6 Å². The van der Waals surface area contributed by atoms with Crippen LogP contribution in [-0.2, 0) is 9.53 Å². The van der Waals surface area contributed by atoms with E-state index in [1.54, 1.807) is 0 Å². The third-order valence-corrected chi connectivity index (χ3v) is 8.62. The van der Waals surface area contributed by atoms with Gasteiger partial charge in [-0.15, -0.1) is 0 Å². The second kappa shape index (κ2) is 17.8. The summed E-state index contributed by atoms with van der Waals surface area (Å²) in [7, 11) is 0. The Morgan fingerprint density at radius 3 is 1.47 bits per heavy atom. The zero-order chi connectivity index (χ0) is 25.3. The topological polar surface area (TPSA) is 26.3 Å². The molecule has 1 aliphatic carbocycles. The van der Waals surface area contributed by atoms with Crippen molar-refractivity contribution in [1.82, 2.24) is 0 Å². The quantitative estimate of drug-likeness (QED) is 0.136. The Bertz CT molecular complexity index is 498. The lowest BCUT2D eigenvalue weighted by atomic mass is 9.70. The van der Waals surface area contributed by atoms with Crippen LogP contribution >= 0.6 is 0 Å². The molecule has 2 heteroatoms. The maximum absolute atomic E-state index is 12.9. The molecule has 0 bridgehead atoms. The molecule has 0 aromatic carbocycles. The molecular formula is C32H62O2. The number of carbonyl (C=O) groups is 1. The molecule has 0 amide bonds. The summed E-state index contributed by atoms with van der Waals surface area (Å²) in [4.78, 5) is 12.9. The molecule has 0 spiro atoms. The number of ether oxygens (including phenoxy) is 1. The van der Waals surface area contributed by atoms with Gasteiger partial charge in [0.15, 0.2) is 0 Å². The third kappa shape index (κ3) is 14.1. The molecule has 2 nitrogen and oxygen atoms in total. The predicted molar refractivity (Wildman–Crippen MR) is 149 cm³/mol. The standard InChI is InChI=1S/C32H62O2/c1-7-9-11-13-15-16-18-20-26-32(6,25-19-17-14-12-10-8-2)27-34-30(33)28-21-23-29(24-22-28)31(3,4)5/h28-29H,7-27H2,1-6H3. The fraction of sp³-hybridized carbons (Fsp3) is 0.969. The van der Waals surface area contributed by atoms with E-state index in [1.165, 1.54) is 116 Å². The largest absolute Gasteiger partial charge is 0.465 e. The molecule has 1 unspecified atom stereocenters. The summed E-state index contributed by atoms with van der Waals surface area (Å²) in [5.74, 6) is 0.981. The highest BCUT2D eigenvalue weighted by Gasteiger charge is 2.34. The Kier molecular flexibility index (Phi) is 16.5. The van der Waals surface area contributed by atoms with E-state index >= 15 is 0 Å². The molecular weight excluding hydrogens is 416 g/mol. The summed E-state index contributed by atoms with van der Waals surface area (Å²) in [6.45, 7) is 14.6. The van der Waals surface area contributed by atoms with Crippen LogP contribution in [0.3, 0.4) is 0 Å². The van der Waals surface area contributed by atoms with E-state index in [9.17, 15) is 4.79 Å². The number of hydrogen-bond donors (Lipinski definition) is 0. The molecule has 0 aliphatic heterocycles. The molecule has 1 fully saturated rings. The monoisotopic (exact) mass is 478 g/mol. The van der Waals surface area contributed by atoms with Crippen LogP contribution in [0.1, 0.15) is 170 Å². The average Bonchev–Trinajstić information content (AvgIpc) is 2.81. The van der Waals surface area contributed by atoms with E-state index in [0.29, 0.717) is 12.0 Å². The Balaban J connectivity index is 2.43. The molecule has 1 atom stereocenters. The second-order valence-electron chi connectivity index (χ2n) is 13.1. The van der Waals surface area contributed by atoms with Crippen molar-refractivity contribution in [3.05, 3.63) is 0 Å². The maximum Gasteiger partial charge on any atom is 0.308 e. The minimum Gasteiger partial charge on any atom is -0.465 e. The van der Waals surface area contributed by atoms with Crippen molar-refractivity contribution in [2.24, 2.45) is 22.7 Å². The van der Waals surface area contributed by atoms with Crippen molar-refractivity contribution in [1.29, 1.82) is 0 Å². The van der Waals surface area contributed by atoms with E-state index < -0.39 is 0 Å². The summed E-state index contributed by atoms with van der Waals surface area (Å²) >= 11 is 0. The van der Waals surface area contributed by atoms with Gasteiger partial charge in [-0.2, -0.15) is 0 Å². The first kappa shape index (κ1) is 31.5. The number of carbonyl (C=O) groups excluding carboxylic acids is 1. The van der Waals surface area contributed by atoms with Crippen molar-refractivity contribution in [2.75, 3.05) is 6.61 Å². The fourth-order valence-corrected chi connectivity index (χ4v) is 5.85. The average molecular weight is 479 g/mol. The Labute approximate surface area is 214 Å². The highest BCUT2D eigenvalue weighted by atomic mass is 16.5. The van der Waals surface area contributed by atoms with Gasteiger partial charge >= 0.3 is 5.97 Å². The smallest absolute Gasteiger partial charge is 0.308 e. The lowest BCUT2D eigenvalue weighted by molar-refractivity contribution is -0.154. The zero-order valence-electron chi connectivity index (χ0n) is 24.3. The van der Waals surface area contributed by atoms with E-state index in [4.69, 9.17) is 4.74 Å². The summed E-state index contributed by atoms with van der Waals surface area (Å²) < 4.78 is 6.05. The Hall–Kier alpha value is -0.530. The summed E-state index contributed by atoms with van der Waals surface area (Å²) in [6, 6.07) is 0. The summed E-state index contributed by atoms with van der Waals surface area (Å²) in [5, 5.41) is 0. The zero-order valence-corrected chi connectivity index (χ0v) is 24.3. The summed E-state index contributed by atoms with van der Waals surface area (Å²) in [6.07, 6.45) is 25.7. The first-order valence-electron chi connectivity index (χ1n) is 15.4. The van der Waals surface area contributed by atoms with Gasteiger partial charge in [-0.25, -0.2) is 0 Å². The highest BCUT2D eigenvalue weighted by Crippen LogP contribution is 2.40. The molecule has 202 valence electrons. The van der Waals surface area contributed by atoms with Crippen LogP contribution in [0.5, 0.6) is 0 Å². The lowest BCUT2D eigenvalue weighted by Crippen LogP contribution is -2.32. The van der Waals surface area contributed by atoms with Crippen molar-refractivity contribution in [2.45, 2.75) is 170 Å². The SMILES string of the molecule is CCCCCCCCCCC(C)(CCCCCCCC)COC(=O)C1CCC(C(C)(C)C)CC1. The van der Waals surface area contributed by atoms with Crippen molar-refractivity contribution < 1.29 is 9.53 Å².